The van der Waals surface area contributed by atoms with E-state index < -0.39 is 39.0 Å². The van der Waals surface area contributed by atoms with Gasteiger partial charge in [0.1, 0.15) is 17.5 Å². The molecule has 0 atom stereocenters. The van der Waals surface area contributed by atoms with Gasteiger partial charge in [-0.3, -0.25) is 13.9 Å². The minimum atomic E-state index is -4.00. The monoisotopic (exact) mass is 709 g/mol. The minimum absolute atomic E-state index is 0.0129. The van der Waals surface area contributed by atoms with E-state index in [-0.39, 0.29) is 44.6 Å². The minimum Gasteiger partial charge on any atom is -0.494 e. The van der Waals surface area contributed by atoms with Gasteiger partial charge in [0, 0.05) is 31.7 Å². The molecule has 1 fully saturated rings. The summed E-state index contributed by atoms with van der Waals surface area (Å²) >= 11 is 0. The molecule has 3 aromatic carbocycles. The zero-order chi connectivity index (χ0) is 36.8. The highest BCUT2D eigenvalue weighted by Crippen LogP contribution is 2.33. The summed E-state index contributed by atoms with van der Waals surface area (Å²) in [5, 5.41) is 12.0. The van der Waals surface area contributed by atoms with E-state index >= 15 is 0 Å². The number of hydrogen-bond donors (Lipinski definition) is 2. The molecule has 0 aliphatic carbocycles. The largest absolute Gasteiger partial charge is 0.494 e. The SMILES string of the molecule is COc1ccc(-c2c(-c3ccc(C#N)c(F)c3)nc(N3CCC(NC(=O)OC(C)(C)C)CC3)n(C)c2=O)cc1F.O=S(=O)(O)c1ccccc1. The lowest BCUT2D eigenvalue weighted by molar-refractivity contribution is 0.0497. The van der Waals surface area contributed by atoms with E-state index in [4.69, 9.17) is 24.3 Å². The lowest BCUT2D eigenvalue weighted by Crippen LogP contribution is -2.47. The van der Waals surface area contributed by atoms with Crippen molar-refractivity contribution in [3.63, 3.8) is 0 Å². The van der Waals surface area contributed by atoms with Crippen LogP contribution in [0.25, 0.3) is 22.4 Å². The molecule has 0 bridgehead atoms. The van der Waals surface area contributed by atoms with Crippen LogP contribution in [-0.2, 0) is 21.9 Å². The van der Waals surface area contributed by atoms with Crippen molar-refractivity contribution in [1.82, 2.24) is 14.9 Å². The van der Waals surface area contributed by atoms with Crippen molar-refractivity contribution >= 4 is 22.2 Å². The predicted octanol–water partition coefficient (Wildman–Crippen LogP) is 5.70. The lowest BCUT2D eigenvalue weighted by atomic mass is 9.99. The fourth-order valence-corrected chi connectivity index (χ4v) is 5.71. The van der Waals surface area contributed by atoms with Crippen molar-refractivity contribution in [2.75, 3.05) is 25.1 Å². The van der Waals surface area contributed by atoms with Gasteiger partial charge in [-0.2, -0.15) is 13.7 Å². The molecule has 0 radical (unpaired) electrons. The van der Waals surface area contributed by atoms with Crippen molar-refractivity contribution in [3.05, 3.63) is 94.3 Å². The summed E-state index contributed by atoms with van der Waals surface area (Å²) in [5.74, 6) is -1.07. The Labute approximate surface area is 288 Å². The smallest absolute Gasteiger partial charge is 0.407 e. The van der Waals surface area contributed by atoms with Gasteiger partial charge in [0.15, 0.2) is 11.6 Å². The zero-order valence-electron chi connectivity index (χ0n) is 28.1. The number of halogens is 2. The third-order valence-corrected chi connectivity index (χ3v) is 8.48. The quantitative estimate of drug-likeness (QED) is 0.238. The first-order valence-electron chi connectivity index (χ1n) is 15.4. The normalized spacial score (nSPS) is 13.5. The first kappa shape index (κ1) is 37.5. The van der Waals surface area contributed by atoms with Gasteiger partial charge in [0.25, 0.3) is 15.7 Å². The molecule has 1 aliphatic rings. The molecule has 1 aliphatic heterocycles. The standard InChI is InChI=1S/C29H31F2N5O4.C6H6O3S/c1-29(2,3)40-28(38)33-20-10-12-36(13-11-20)27-34-25(18-6-7-19(16-32)21(30)15-18)24(26(37)35(27)4)17-8-9-23(39-5)22(31)14-17;7-10(8,9)6-4-2-1-3-5-6/h6-9,14-15,20H,10-13H2,1-5H3,(H,33,38);1-5H,(H,7,8,9). The zero-order valence-corrected chi connectivity index (χ0v) is 28.9. The first-order chi connectivity index (χ1) is 23.5. The molecule has 15 heteroatoms. The van der Waals surface area contributed by atoms with Crippen LogP contribution in [0.3, 0.4) is 0 Å². The molecule has 1 aromatic heterocycles. The highest BCUT2D eigenvalue weighted by Gasteiger charge is 2.28. The molecule has 1 saturated heterocycles. The van der Waals surface area contributed by atoms with Crippen LogP contribution >= 0.6 is 0 Å². The van der Waals surface area contributed by atoms with Crippen molar-refractivity contribution in [2.24, 2.45) is 7.05 Å². The fraction of sp³-hybridized carbons (Fsp3) is 0.314. The highest BCUT2D eigenvalue weighted by atomic mass is 32.2. The van der Waals surface area contributed by atoms with Crippen LogP contribution in [0, 0.1) is 23.0 Å². The number of anilines is 1. The second-order valence-electron chi connectivity index (χ2n) is 12.4. The number of rotatable bonds is 6. The predicted molar refractivity (Wildman–Crippen MR) is 182 cm³/mol. The van der Waals surface area contributed by atoms with Gasteiger partial charge in [0.05, 0.1) is 28.8 Å². The summed E-state index contributed by atoms with van der Waals surface area (Å²) in [7, 11) is -1.09. The molecule has 4 aromatic rings. The van der Waals surface area contributed by atoms with Crippen LogP contribution in [0.4, 0.5) is 19.5 Å². The number of benzene rings is 3. The fourth-order valence-electron chi connectivity index (χ4n) is 5.21. The van der Waals surface area contributed by atoms with Crippen molar-refractivity contribution < 1.29 is 36.0 Å². The Morgan fingerprint density at radius 2 is 1.64 bits per heavy atom. The highest BCUT2D eigenvalue weighted by molar-refractivity contribution is 7.85. The average molecular weight is 710 g/mol. The maximum atomic E-state index is 14.7. The Bertz CT molecular complexity index is 2070. The molecule has 5 rings (SSSR count). The number of piperidine rings is 1. The van der Waals surface area contributed by atoms with Gasteiger partial charge in [-0.1, -0.05) is 30.3 Å². The van der Waals surface area contributed by atoms with Crippen LogP contribution in [0.1, 0.15) is 39.2 Å². The van der Waals surface area contributed by atoms with Crippen LogP contribution in [0.15, 0.2) is 76.4 Å². The van der Waals surface area contributed by atoms with Crippen molar-refractivity contribution in [3.8, 4) is 34.2 Å². The number of alkyl carbamates (subject to hydrolysis) is 1. The molecule has 2 N–H and O–H groups in total. The Morgan fingerprint density at radius 1 is 1.02 bits per heavy atom. The van der Waals surface area contributed by atoms with Crippen LogP contribution in [0.2, 0.25) is 0 Å². The number of nitrogens with one attached hydrogen (secondary N) is 1. The lowest BCUT2D eigenvalue weighted by Gasteiger charge is -2.34. The van der Waals surface area contributed by atoms with E-state index in [1.54, 1.807) is 52.1 Å². The molecule has 264 valence electrons. The number of methoxy groups -OCH3 is 1. The van der Waals surface area contributed by atoms with E-state index in [2.05, 4.69) is 5.32 Å². The van der Waals surface area contributed by atoms with Gasteiger partial charge < -0.3 is 19.7 Å². The summed E-state index contributed by atoms with van der Waals surface area (Å²) in [5.41, 5.74) is -0.463. The summed E-state index contributed by atoms with van der Waals surface area (Å²) in [6, 6.07) is 17.2. The Balaban J connectivity index is 0.000000482. The number of carbonyl (C=O) groups is 1. The maximum absolute atomic E-state index is 14.7. The van der Waals surface area contributed by atoms with Crippen LogP contribution in [0.5, 0.6) is 5.75 Å². The van der Waals surface area contributed by atoms with Gasteiger partial charge in [-0.15, -0.1) is 0 Å². The van der Waals surface area contributed by atoms with E-state index in [0.29, 0.717) is 31.9 Å². The molecule has 50 heavy (non-hydrogen) atoms. The Hall–Kier alpha value is -5.33. The second kappa shape index (κ2) is 15.5. The van der Waals surface area contributed by atoms with Crippen molar-refractivity contribution in [2.45, 2.75) is 50.2 Å². The van der Waals surface area contributed by atoms with Gasteiger partial charge in [0.2, 0.25) is 5.95 Å². The van der Waals surface area contributed by atoms with Gasteiger partial charge in [-0.05, 0) is 75.6 Å². The number of carbonyl (C=O) groups excluding carboxylic acids is 1. The number of hydrogen-bond acceptors (Lipinski definition) is 9. The summed E-state index contributed by atoms with van der Waals surface area (Å²) in [6.45, 7) is 6.35. The first-order valence-corrected chi connectivity index (χ1v) is 16.9. The van der Waals surface area contributed by atoms with E-state index in [1.807, 2.05) is 4.90 Å². The van der Waals surface area contributed by atoms with Crippen LogP contribution < -0.4 is 20.5 Å². The molecule has 0 saturated carbocycles. The molecule has 0 unspecified atom stereocenters. The van der Waals surface area contributed by atoms with E-state index in [9.17, 15) is 26.8 Å². The number of nitriles is 1. The molecular weight excluding hydrogens is 672 g/mol. The summed E-state index contributed by atoms with van der Waals surface area (Å²) < 4.78 is 70.3. The van der Waals surface area contributed by atoms with Gasteiger partial charge in [-0.25, -0.2) is 18.6 Å². The average Bonchev–Trinajstić information content (AvgIpc) is 3.05. The third-order valence-electron chi connectivity index (χ3n) is 7.61. The van der Waals surface area contributed by atoms with Crippen molar-refractivity contribution in [1.29, 1.82) is 5.26 Å². The van der Waals surface area contributed by atoms with E-state index in [1.165, 1.54) is 54.1 Å². The number of nitrogens with zero attached hydrogens (tertiary/aromatic N) is 4. The Morgan fingerprint density at radius 3 is 2.16 bits per heavy atom. The molecule has 1 amide bonds. The maximum Gasteiger partial charge on any atom is 0.407 e. The topological polar surface area (TPSA) is 164 Å². The molecular formula is C35H37F2N5O7S. The summed E-state index contributed by atoms with van der Waals surface area (Å²) in [6.07, 6.45) is 0.681. The summed E-state index contributed by atoms with van der Waals surface area (Å²) in [4.78, 5) is 32.6. The van der Waals surface area contributed by atoms with Gasteiger partial charge >= 0.3 is 6.09 Å². The number of amides is 1. The molecule has 0 spiro atoms. The van der Waals surface area contributed by atoms with Crippen LogP contribution in [-0.4, -0.2) is 60.5 Å². The Kier molecular flexibility index (Phi) is 11.6. The third kappa shape index (κ3) is 9.21. The number of ether oxygens (including phenoxy) is 2. The molecule has 12 nitrogen and oxygen atoms in total. The van der Waals surface area contributed by atoms with E-state index in [0.717, 1.165) is 6.07 Å². The number of aromatic nitrogens is 2. The molecule has 2 heterocycles. The second-order valence-corrected chi connectivity index (χ2v) is 13.8.